The maximum atomic E-state index is 6.45. The van der Waals surface area contributed by atoms with E-state index in [0.29, 0.717) is 26.4 Å². The lowest BCUT2D eigenvalue weighted by atomic mass is 9.87. The summed E-state index contributed by atoms with van der Waals surface area (Å²) in [5.74, 6) is 1.99. The third kappa shape index (κ3) is 4.28. The Bertz CT molecular complexity index is 788. The van der Waals surface area contributed by atoms with Crippen LogP contribution < -0.4 is 15.2 Å². The average Bonchev–Trinajstić information content (AvgIpc) is 2.67. The molecule has 0 radical (unpaired) electrons. The first-order valence-electron chi connectivity index (χ1n) is 9.71. The van der Waals surface area contributed by atoms with Gasteiger partial charge in [0.2, 0.25) is 0 Å². The standard InChI is InChI=1S/C23H31NO3/c1-16-17(2)22-20(10-11-23(4,27-22)15-25-13-12-24)18(3)21(16)26-14-19-8-6-5-7-9-19/h5-9H,10-15,24H2,1-4H3. The molecule has 27 heavy (non-hydrogen) atoms. The van der Waals surface area contributed by atoms with Gasteiger partial charge in [-0.25, -0.2) is 0 Å². The van der Waals surface area contributed by atoms with Crippen LogP contribution in [0.3, 0.4) is 0 Å². The second kappa shape index (κ2) is 8.32. The largest absolute Gasteiger partial charge is 0.488 e. The number of rotatable bonds is 7. The normalized spacial score (nSPS) is 18.7. The van der Waals surface area contributed by atoms with Crippen LogP contribution in [-0.2, 0) is 17.8 Å². The zero-order chi connectivity index (χ0) is 19.4. The molecule has 1 unspecified atom stereocenters. The molecule has 0 saturated carbocycles. The third-order valence-corrected chi connectivity index (χ3v) is 5.46. The molecule has 0 fully saturated rings. The minimum absolute atomic E-state index is 0.307. The fourth-order valence-corrected chi connectivity index (χ4v) is 3.70. The Labute approximate surface area is 162 Å². The van der Waals surface area contributed by atoms with E-state index in [2.05, 4.69) is 39.8 Å². The van der Waals surface area contributed by atoms with Crippen molar-refractivity contribution in [2.75, 3.05) is 19.8 Å². The minimum atomic E-state index is -0.307. The summed E-state index contributed by atoms with van der Waals surface area (Å²) >= 11 is 0. The Kier molecular flexibility index (Phi) is 6.08. The SMILES string of the molecule is Cc1c(C)c2c(c(C)c1OCc1ccccc1)CCC(C)(COCCN)O2. The lowest BCUT2D eigenvalue weighted by Gasteiger charge is -2.38. The van der Waals surface area contributed by atoms with Gasteiger partial charge in [0, 0.05) is 12.1 Å². The van der Waals surface area contributed by atoms with Gasteiger partial charge in [-0.15, -0.1) is 0 Å². The molecule has 0 amide bonds. The summed E-state index contributed by atoms with van der Waals surface area (Å²) in [5, 5.41) is 0. The molecule has 1 atom stereocenters. The van der Waals surface area contributed by atoms with E-state index in [1.54, 1.807) is 0 Å². The molecule has 4 heteroatoms. The Morgan fingerprint density at radius 1 is 1.07 bits per heavy atom. The fourth-order valence-electron chi connectivity index (χ4n) is 3.70. The zero-order valence-electron chi connectivity index (χ0n) is 16.9. The molecule has 2 N–H and O–H groups in total. The summed E-state index contributed by atoms with van der Waals surface area (Å²) < 4.78 is 18.4. The van der Waals surface area contributed by atoms with Crippen LogP contribution in [0, 0.1) is 20.8 Å². The molecule has 1 aliphatic rings. The highest BCUT2D eigenvalue weighted by molar-refractivity contribution is 5.59. The van der Waals surface area contributed by atoms with Crippen molar-refractivity contribution in [1.29, 1.82) is 0 Å². The summed E-state index contributed by atoms with van der Waals surface area (Å²) in [6.45, 7) is 10.7. The van der Waals surface area contributed by atoms with Gasteiger partial charge in [-0.05, 0) is 62.8 Å². The molecule has 1 aliphatic heterocycles. The second-order valence-electron chi connectivity index (χ2n) is 7.68. The first-order chi connectivity index (χ1) is 12.9. The van der Waals surface area contributed by atoms with Crippen molar-refractivity contribution in [2.45, 2.75) is 52.7 Å². The maximum Gasteiger partial charge on any atom is 0.130 e. The molecule has 0 aliphatic carbocycles. The van der Waals surface area contributed by atoms with Gasteiger partial charge in [-0.2, -0.15) is 0 Å². The monoisotopic (exact) mass is 369 g/mol. The van der Waals surface area contributed by atoms with Gasteiger partial charge in [-0.1, -0.05) is 30.3 Å². The van der Waals surface area contributed by atoms with Crippen LogP contribution in [0.25, 0.3) is 0 Å². The van der Waals surface area contributed by atoms with E-state index in [1.807, 2.05) is 18.2 Å². The van der Waals surface area contributed by atoms with Gasteiger partial charge in [0.05, 0.1) is 13.2 Å². The highest BCUT2D eigenvalue weighted by Crippen LogP contribution is 2.44. The smallest absolute Gasteiger partial charge is 0.130 e. The first kappa shape index (κ1) is 19.7. The zero-order valence-corrected chi connectivity index (χ0v) is 16.9. The summed E-state index contributed by atoms with van der Waals surface area (Å²) in [7, 11) is 0. The molecule has 0 bridgehead atoms. The second-order valence-corrected chi connectivity index (χ2v) is 7.68. The van der Waals surface area contributed by atoms with Crippen LogP contribution in [-0.4, -0.2) is 25.4 Å². The van der Waals surface area contributed by atoms with E-state index in [0.717, 1.165) is 35.5 Å². The van der Waals surface area contributed by atoms with Crippen LogP contribution >= 0.6 is 0 Å². The van der Waals surface area contributed by atoms with Crippen LogP contribution in [0.4, 0.5) is 0 Å². The van der Waals surface area contributed by atoms with Crippen molar-refractivity contribution in [1.82, 2.24) is 0 Å². The quantitative estimate of drug-likeness (QED) is 0.741. The molecular weight excluding hydrogens is 338 g/mol. The summed E-state index contributed by atoms with van der Waals surface area (Å²) in [4.78, 5) is 0. The van der Waals surface area contributed by atoms with Gasteiger partial charge >= 0.3 is 0 Å². The molecule has 4 nitrogen and oxygen atoms in total. The van der Waals surface area contributed by atoms with Gasteiger partial charge < -0.3 is 19.9 Å². The van der Waals surface area contributed by atoms with Crippen LogP contribution in [0.5, 0.6) is 11.5 Å². The number of nitrogens with two attached hydrogens (primary N) is 1. The number of ether oxygens (including phenoxy) is 3. The number of benzene rings is 2. The van der Waals surface area contributed by atoms with Crippen molar-refractivity contribution in [3.63, 3.8) is 0 Å². The predicted octanol–water partition coefficient (Wildman–Crippen LogP) is 4.25. The lowest BCUT2D eigenvalue weighted by molar-refractivity contribution is -0.0262. The summed E-state index contributed by atoms with van der Waals surface area (Å²) in [5.41, 5.74) is 11.2. The highest BCUT2D eigenvalue weighted by Gasteiger charge is 2.35. The molecular formula is C23H31NO3. The van der Waals surface area contributed by atoms with Crippen molar-refractivity contribution in [3.05, 3.63) is 58.1 Å². The van der Waals surface area contributed by atoms with E-state index in [9.17, 15) is 0 Å². The summed E-state index contributed by atoms with van der Waals surface area (Å²) in [6, 6.07) is 10.3. The van der Waals surface area contributed by atoms with Crippen molar-refractivity contribution in [2.24, 2.45) is 5.73 Å². The van der Waals surface area contributed by atoms with Crippen LogP contribution in [0.15, 0.2) is 30.3 Å². The van der Waals surface area contributed by atoms with Gasteiger partial charge in [-0.3, -0.25) is 0 Å². The first-order valence-corrected chi connectivity index (χ1v) is 9.71. The van der Waals surface area contributed by atoms with Crippen molar-refractivity contribution in [3.8, 4) is 11.5 Å². The number of hydrogen-bond acceptors (Lipinski definition) is 4. The molecule has 2 aromatic carbocycles. The topological polar surface area (TPSA) is 53.7 Å². The van der Waals surface area contributed by atoms with Gasteiger partial charge in [0.15, 0.2) is 0 Å². The molecule has 1 heterocycles. The van der Waals surface area contributed by atoms with E-state index < -0.39 is 0 Å². The van der Waals surface area contributed by atoms with E-state index in [-0.39, 0.29) is 5.60 Å². The van der Waals surface area contributed by atoms with Crippen LogP contribution in [0.1, 0.15) is 41.2 Å². The molecule has 0 spiro atoms. The molecule has 0 aromatic heterocycles. The van der Waals surface area contributed by atoms with Crippen molar-refractivity contribution >= 4 is 0 Å². The molecule has 0 saturated heterocycles. The van der Waals surface area contributed by atoms with E-state index >= 15 is 0 Å². The highest BCUT2D eigenvalue weighted by atomic mass is 16.5. The summed E-state index contributed by atoms with van der Waals surface area (Å²) in [6.07, 6.45) is 1.89. The Balaban J connectivity index is 1.83. The predicted molar refractivity (Wildman–Crippen MR) is 109 cm³/mol. The van der Waals surface area contributed by atoms with Gasteiger partial charge in [0.1, 0.15) is 23.7 Å². The molecule has 146 valence electrons. The van der Waals surface area contributed by atoms with E-state index in [4.69, 9.17) is 19.9 Å². The number of fused-ring (bicyclic) bond motifs is 1. The van der Waals surface area contributed by atoms with Crippen molar-refractivity contribution < 1.29 is 14.2 Å². The maximum absolute atomic E-state index is 6.45. The Morgan fingerprint density at radius 2 is 1.81 bits per heavy atom. The molecule has 2 aromatic rings. The fraction of sp³-hybridized carbons (Fsp3) is 0.478. The molecule has 3 rings (SSSR count). The Morgan fingerprint density at radius 3 is 2.52 bits per heavy atom. The van der Waals surface area contributed by atoms with Gasteiger partial charge in [0.25, 0.3) is 0 Å². The minimum Gasteiger partial charge on any atom is -0.488 e. The van der Waals surface area contributed by atoms with E-state index in [1.165, 1.54) is 16.7 Å². The number of hydrogen-bond donors (Lipinski definition) is 1. The average molecular weight is 370 g/mol. The van der Waals surface area contributed by atoms with Crippen LogP contribution in [0.2, 0.25) is 0 Å². The lowest BCUT2D eigenvalue weighted by Crippen LogP contribution is -2.42. The Hall–Kier alpha value is -2.04. The third-order valence-electron chi connectivity index (χ3n) is 5.46.